The van der Waals surface area contributed by atoms with E-state index in [0.29, 0.717) is 19.4 Å². The van der Waals surface area contributed by atoms with Gasteiger partial charge in [0.15, 0.2) is 0 Å². The second-order valence-corrected chi connectivity index (χ2v) is 14.7. The molecule has 0 spiro atoms. The zero-order chi connectivity index (χ0) is 37.5. The van der Waals surface area contributed by atoms with Gasteiger partial charge in [-0.25, -0.2) is 0 Å². The van der Waals surface area contributed by atoms with Gasteiger partial charge in [0.05, 0.1) is 17.7 Å². The van der Waals surface area contributed by atoms with Crippen LogP contribution in [0.5, 0.6) is 0 Å². The molecule has 4 atom stereocenters. The summed E-state index contributed by atoms with van der Waals surface area (Å²) in [7, 11) is 0. The van der Waals surface area contributed by atoms with Crippen molar-refractivity contribution >= 4 is 41.4 Å². The highest BCUT2D eigenvalue weighted by atomic mass is 16.5. The lowest BCUT2D eigenvalue weighted by Gasteiger charge is -2.32. The number of ether oxygens (including phenoxy) is 1. The number of hydrogen-bond donors (Lipinski definition) is 3. The van der Waals surface area contributed by atoms with Crippen LogP contribution in [0.3, 0.4) is 0 Å². The number of hydrogen-bond acceptors (Lipinski definition) is 8. The van der Waals surface area contributed by atoms with E-state index in [0.717, 1.165) is 22.6 Å². The van der Waals surface area contributed by atoms with Crippen molar-refractivity contribution in [3.8, 4) is 0 Å². The van der Waals surface area contributed by atoms with Crippen LogP contribution in [0.2, 0.25) is 0 Å². The number of amides is 7. The molecule has 49 heavy (non-hydrogen) atoms. The average Bonchev–Trinajstić information content (AvgIpc) is 3.44. The summed E-state index contributed by atoms with van der Waals surface area (Å²) in [5, 5.41) is 8.52. The van der Waals surface area contributed by atoms with E-state index in [4.69, 9.17) is 4.74 Å². The summed E-state index contributed by atoms with van der Waals surface area (Å²) in [6.45, 7) is 19.7. The van der Waals surface area contributed by atoms with Gasteiger partial charge >= 0.3 is 0 Å². The Morgan fingerprint density at radius 3 is 1.98 bits per heavy atom. The minimum absolute atomic E-state index is 0.0112. The molecule has 0 aromatic carbocycles. The SMILES string of the molecule is CC.CCCC(C)C1CC(=O)N(CCC(=O)NC(CCCCNC(=O)CCN2C(=O)CC(C)C2=O)C(=O)NC(C)(C)COC(C)(C)C)C1=O. The fourth-order valence-corrected chi connectivity index (χ4v) is 5.73. The smallest absolute Gasteiger partial charge is 0.243 e. The Morgan fingerprint density at radius 2 is 1.43 bits per heavy atom. The molecule has 0 radical (unpaired) electrons. The first-order valence-electron chi connectivity index (χ1n) is 18.1. The van der Waals surface area contributed by atoms with Crippen molar-refractivity contribution in [3.63, 3.8) is 0 Å². The summed E-state index contributed by atoms with van der Waals surface area (Å²) in [5.41, 5.74) is -1.13. The maximum Gasteiger partial charge on any atom is 0.243 e. The van der Waals surface area contributed by atoms with Crippen molar-refractivity contribution in [3.05, 3.63) is 0 Å². The highest BCUT2D eigenvalue weighted by Gasteiger charge is 2.41. The third-order valence-corrected chi connectivity index (χ3v) is 8.53. The molecule has 0 saturated carbocycles. The van der Waals surface area contributed by atoms with E-state index in [1.807, 2.05) is 62.3 Å². The Balaban J connectivity index is 0.00000589. The Morgan fingerprint density at radius 1 is 0.857 bits per heavy atom. The van der Waals surface area contributed by atoms with Gasteiger partial charge in [0.2, 0.25) is 41.4 Å². The summed E-state index contributed by atoms with van der Waals surface area (Å²) in [4.78, 5) is 90.5. The normalized spacial score (nSPS) is 19.4. The predicted molar refractivity (Wildman–Crippen MR) is 187 cm³/mol. The van der Waals surface area contributed by atoms with Gasteiger partial charge < -0.3 is 20.7 Å². The van der Waals surface area contributed by atoms with E-state index in [1.165, 1.54) is 0 Å². The molecule has 7 amide bonds. The van der Waals surface area contributed by atoms with Crippen LogP contribution < -0.4 is 16.0 Å². The van der Waals surface area contributed by atoms with Gasteiger partial charge in [0.1, 0.15) is 6.04 Å². The van der Waals surface area contributed by atoms with E-state index >= 15 is 0 Å². The van der Waals surface area contributed by atoms with Crippen molar-refractivity contribution in [2.45, 2.75) is 144 Å². The lowest BCUT2D eigenvalue weighted by atomic mass is 9.89. The van der Waals surface area contributed by atoms with E-state index < -0.39 is 23.1 Å². The van der Waals surface area contributed by atoms with Crippen LogP contribution in [0.4, 0.5) is 0 Å². The van der Waals surface area contributed by atoms with Gasteiger partial charge in [-0.05, 0) is 59.8 Å². The summed E-state index contributed by atoms with van der Waals surface area (Å²) < 4.78 is 5.86. The zero-order valence-corrected chi connectivity index (χ0v) is 31.7. The fourth-order valence-electron chi connectivity index (χ4n) is 5.73. The number of unbranched alkanes of at least 4 members (excludes halogenated alkanes) is 1. The predicted octanol–water partition coefficient (Wildman–Crippen LogP) is 3.48. The highest BCUT2D eigenvalue weighted by molar-refractivity contribution is 6.04. The molecule has 2 heterocycles. The number of carbonyl (C=O) groups excluding carboxylic acids is 7. The molecule has 0 aromatic rings. The number of nitrogens with zero attached hydrogens (tertiary/aromatic N) is 2. The monoisotopic (exact) mass is 693 g/mol. The number of imide groups is 2. The Hall–Kier alpha value is -3.35. The molecule has 2 rings (SSSR count). The molecule has 2 fully saturated rings. The van der Waals surface area contributed by atoms with Crippen LogP contribution >= 0.6 is 0 Å². The van der Waals surface area contributed by atoms with Crippen LogP contribution in [0.25, 0.3) is 0 Å². The Bertz CT molecular complexity index is 1160. The molecule has 3 N–H and O–H groups in total. The Kier molecular flexibility index (Phi) is 18.1. The summed E-state index contributed by atoms with van der Waals surface area (Å²) >= 11 is 0. The number of rotatable bonds is 19. The van der Waals surface area contributed by atoms with Gasteiger partial charge in [-0.3, -0.25) is 43.4 Å². The molecule has 4 unspecified atom stereocenters. The Labute approximate surface area is 293 Å². The lowest BCUT2D eigenvalue weighted by Crippen LogP contribution is -2.55. The second kappa shape index (κ2) is 20.4. The van der Waals surface area contributed by atoms with Gasteiger partial charge in [-0.15, -0.1) is 0 Å². The molecule has 0 aromatic heterocycles. The van der Waals surface area contributed by atoms with Gasteiger partial charge in [0.25, 0.3) is 0 Å². The molecule has 13 nitrogen and oxygen atoms in total. The molecular weight excluding hydrogens is 630 g/mol. The van der Waals surface area contributed by atoms with Crippen LogP contribution in [0, 0.1) is 17.8 Å². The van der Waals surface area contributed by atoms with E-state index in [1.54, 1.807) is 6.92 Å². The van der Waals surface area contributed by atoms with Crippen LogP contribution in [0.1, 0.15) is 127 Å². The molecule has 2 aliphatic rings. The van der Waals surface area contributed by atoms with Crippen LogP contribution in [-0.2, 0) is 38.3 Å². The third kappa shape index (κ3) is 15.0. The van der Waals surface area contributed by atoms with Gasteiger partial charge in [-0.2, -0.15) is 0 Å². The second-order valence-electron chi connectivity index (χ2n) is 14.7. The first kappa shape index (κ1) is 43.7. The molecule has 0 aliphatic carbocycles. The average molecular weight is 694 g/mol. The number of likely N-dealkylation sites (tertiary alicyclic amines) is 2. The quantitative estimate of drug-likeness (QED) is 0.136. The van der Waals surface area contributed by atoms with Crippen LogP contribution in [-0.4, -0.2) is 94.6 Å². The maximum absolute atomic E-state index is 13.4. The number of nitrogens with one attached hydrogen (secondary N) is 3. The first-order chi connectivity index (χ1) is 22.8. The van der Waals surface area contributed by atoms with Crippen molar-refractivity contribution in [2.24, 2.45) is 17.8 Å². The largest absolute Gasteiger partial charge is 0.373 e. The summed E-state index contributed by atoms with van der Waals surface area (Å²) in [5.74, 6) is -2.80. The molecule has 2 aliphatic heterocycles. The highest BCUT2D eigenvalue weighted by Crippen LogP contribution is 2.29. The maximum atomic E-state index is 13.4. The van der Waals surface area contributed by atoms with E-state index in [9.17, 15) is 33.6 Å². The van der Waals surface area contributed by atoms with Crippen molar-refractivity contribution < 1.29 is 38.3 Å². The summed E-state index contributed by atoms with van der Waals surface area (Å²) in [6, 6.07) is -0.886. The van der Waals surface area contributed by atoms with E-state index in [-0.39, 0.29) is 105 Å². The minimum Gasteiger partial charge on any atom is -0.373 e. The van der Waals surface area contributed by atoms with Crippen molar-refractivity contribution in [1.82, 2.24) is 25.8 Å². The first-order valence-corrected chi connectivity index (χ1v) is 18.1. The van der Waals surface area contributed by atoms with Gasteiger partial charge in [-0.1, -0.05) is 47.5 Å². The fraction of sp³-hybridized carbons (Fsp3) is 0.806. The minimum atomic E-state index is -0.886. The van der Waals surface area contributed by atoms with Gasteiger partial charge in [0, 0.05) is 57.2 Å². The van der Waals surface area contributed by atoms with E-state index in [2.05, 4.69) is 16.0 Å². The third-order valence-electron chi connectivity index (χ3n) is 8.53. The zero-order valence-electron chi connectivity index (χ0n) is 31.7. The van der Waals surface area contributed by atoms with Crippen molar-refractivity contribution in [2.75, 3.05) is 26.2 Å². The standard InChI is InChI=1S/C34H57N5O8.C2H6/c1-9-12-22(2)24-20-29(43)39(32(24)46)18-15-27(41)36-25(30(44)37-34(7,8)21-47-33(4,5)6)13-10-11-16-35-26(40)14-17-38-28(42)19-23(3)31(38)45;1-2/h22-25H,9-21H2,1-8H3,(H,35,40)(H,36,41)(H,37,44);1-2H3. The molecule has 280 valence electrons. The molecule has 2 saturated heterocycles. The van der Waals surface area contributed by atoms with Crippen LogP contribution in [0.15, 0.2) is 0 Å². The summed E-state index contributed by atoms with van der Waals surface area (Å²) in [6.07, 6.45) is 3.28. The van der Waals surface area contributed by atoms with Crippen molar-refractivity contribution in [1.29, 1.82) is 0 Å². The number of carbonyl (C=O) groups is 7. The molecule has 0 bridgehead atoms. The molecule has 13 heteroatoms. The topological polar surface area (TPSA) is 171 Å². The lowest BCUT2D eigenvalue weighted by molar-refractivity contribution is -0.142. The molecular formula is C36H63N5O8.